The summed E-state index contributed by atoms with van der Waals surface area (Å²) in [7, 11) is 0.422. The van der Waals surface area contributed by atoms with Gasteiger partial charge in [0, 0.05) is 17.4 Å². The van der Waals surface area contributed by atoms with E-state index in [-0.39, 0.29) is 60.1 Å². The minimum atomic E-state index is -5.02. The SMILES string of the molecule is CN(C)[C@@H]1c2onc(OCc3ccccc3)c2C(=O)[C@@]2(O[Si](C)(C)C(C)(C)C)C(O)=C3C(=O)c4c(OCc5ccccc5)cc(C(CO)CO)c(C(F)(F)F)c4C[C@H]3C[C@@H]12. The van der Waals surface area contributed by atoms with Crippen LogP contribution in [0, 0.1) is 11.8 Å². The number of aromatic nitrogens is 1. The first kappa shape index (κ1) is 43.3. The topological polar surface area (TPSA) is 152 Å². The van der Waals surface area contributed by atoms with Gasteiger partial charge in [0.25, 0.3) is 5.88 Å². The van der Waals surface area contributed by atoms with E-state index in [0.717, 1.165) is 11.6 Å². The van der Waals surface area contributed by atoms with Gasteiger partial charge in [-0.2, -0.15) is 13.2 Å². The maximum Gasteiger partial charge on any atom is 0.416 e. The van der Waals surface area contributed by atoms with E-state index in [1.165, 1.54) is 0 Å². The quantitative estimate of drug-likeness (QED) is 0.118. The number of nitrogens with zero attached hydrogens (tertiary/aromatic N) is 2. The van der Waals surface area contributed by atoms with Crippen molar-refractivity contribution in [3.05, 3.63) is 123 Å². The van der Waals surface area contributed by atoms with Crippen LogP contribution >= 0.6 is 0 Å². The summed E-state index contributed by atoms with van der Waals surface area (Å²) in [6, 6.07) is 18.3. The van der Waals surface area contributed by atoms with Crippen molar-refractivity contribution in [1.82, 2.24) is 10.1 Å². The zero-order valence-corrected chi connectivity index (χ0v) is 35.7. The number of carbonyl (C=O) groups is 2. The van der Waals surface area contributed by atoms with Crippen molar-refractivity contribution in [3.8, 4) is 11.6 Å². The molecule has 1 heterocycles. The second kappa shape index (κ2) is 15.9. The molecule has 1 aromatic heterocycles. The summed E-state index contributed by atoms with van der Waals surface area (Å²) in [4.78, 5) is 32.6. The number of allylic oxidation sites excluding steroid dienone is 1. The highest BCUT2D eigenvalue weighted by Crippen LogP contribution is 2.60. The molecule has 0 radical (unpaired) electrons. The molecular weight excluding hydrogens is 798 g/mol. The predicted molar refractivity (Wildman–Crippen MR) is 217 cm³/mol. The van der Waals surface area contributed by atoms with Crippen LogP contribution in [-0.4, -0.2) is 78.2 Å². The second-order valence-electron chi connectivity index (χ2n) is 17.7. The number of Topliss-reactive ketones (excluding diaryl/α,β-unsaturated/α-hetero) is 2. The third-order valence-corrected chi connectivity index (χ3v) is 17.2. The van der Waals surface area contributed by atoms with Gasteiger partial charge in [-0.1, -0.05) is 81.4 Å². The first-order valence-corrected chi connectivity index (χ1v) is 22.9. The second-order valence-corrected chi connectivity index (χ2v) is 22.4. The number of rotatable bonds is 12. The molecule has 0 saturated heterocycles. The van der Waals surface area contributed by atoms with Gasteiger partial charge < -0.3 is 33.7 Å². The molecule has 7 rings (SSSR count). The van der Waals surface area contributed by atoms with Crippen molar-refractivity contribution >= 4 is 19.9 Å². The van der Waals surface area contributed by atoms with Crippen LogP contribution in [-0.2, 0) is 30.2 Å². The normalized spacial score (nSPS) is 21.8. The van der Waals surface area contributed by atoms with E-state index in [1.807, 2.05) is 64.2 Å². The van der Waals surface area contributed by atoms with Gasteiger partial charge in [0.05, 0.1) is 30.4 Å². The molecule has 0 bridgehead atoms. The number of benzene rings is 3. The smallest absolute Gasteiger partial charge is 0.416 e. The molecule has 11 nitrogen and oxygen atoms in total. The molecule has 320 valence electrons. The summed E-state index contributed by atoms with van der Waals surface area (Å²) in [5.41, 5.74) is -3.39. The Kier molecular flexibility index (Phi) is 11.5. The Labute approximate surface area is 347 Å². The van der Waals surface area contributed by atoms with Crippen molar-refractivity contribution in [2.45, 2.75) is 88.7 Å². The zero-order valence-electron chi connectivity index (χ0n) is 34.7. The van der Waals surface area contributed by atoms with Gasteiger partial charge in [-0.15, -0.1) is 0 Å². The van der Waals surface area contributed by atoms with Gasteiger partial charge in [-0.3, -0.25) is 14.5 Å². The third kappa shape index (κ3) is 7.27. The lowest BCUT2D eigenvalue weighted by Gasteiger charge is -2.55. The highest BCUT2D eigenvalue weighted by molar-refractivity contribution is 6.74. The van der Waals surface area contributed by atoms with Gasteiger partial charge in [0.1, 0.15) is 30.3 Å². The van der Waals surface area contributed by atoms with E-state index in [2.05, 4.69) is 5.16 Å². The van der Waals surface area contributed by atoms with Crippen molar-refractivity contribution in [1.29, 1.82) is 0 Å². The Morgan fingerprint density at radius 2 is 1.52 bits per heavy atom. The lowest BCUT2D eigenvalue weighted by molar-refractivity contribution is -0.139. The number of ketones is 2. The molecule has 4 aromatic rings. The summed E-state index contributed by atoms with van der Waals surface area (Å²) >= 11 is 0. The van der Waals surface area contributed by atoms with Gasteiger partial charge in [-0.05, 0) is 84.5 Å². The van der Waals surface area contributed by atoms with Gasteiger partial charge >= 0.3 is 6.18 Å². The molecule has 3 N–H and O–H groups in total. The molecule has 0 amide bonds. The van der Waals surface area contributed by atoms with Gasteiger partial charge in [0.2, 0.25) is 5.78 Å². The molecule has 60 heavy (non-hydrogen) atoms. The number of carbonyl (C=O) groups excluding carboxylic acids is 2. The number of ether oxygens (including phenoxy) is 2. The minimum absolute atomic E-state index is 0.0341. The summed E-state index contributed by atoms with van der Waals surface area (Å²) < 4.78 is 71.6. The number of aliphatic hydroxyl groups excluding tert-OH is 3. The largest absolute Gasteiger partial charge is 0.508 e. The van der Waals surface area contributed by atoms with Crippen LogP contribution in [0.25, 0.3) is 0 Å². The molecule has 0 fully saturated rings. The fraction of sp³-hybridized carbons (Fsp3) is 0.444. The van der Waals surface area contributed by atoms with Crippen LogP contribution in [0.4, 0.5) is 13.2 Å². The Morgan fingerprint density at radius 1 is 0.933 bits per heavy atom. The average Bonchev–Trinajstić information content (AvgIpc) is 3.60. The van der Waals surface area contributed by atoms with E-state index in [4.69, 9.17) is 18.4 Å². The fourth-order valence-electron chi connectivity index (χ4n) is 8.80. The lowest BCUT2D eigenvalue weighted by Crippen LogP contribution is -2.65. The van der Waals surface area contributed by atoms with Crippen molar-refractivity contribution in [3.63, 3.8) is 0 Å². The van der Waals surface area contributed by atoms with E-state index < -0.39 is 96.2 Å². The summed E-state index contributed by atoms with van der Waals surface area (Å²) in [6.45, 7) is 8.03. The summed E-state index contributed by atoms with van der Waals surface area (Å²) in [5.74, 6) is -5.87. The predicted octanol–water partition coefficient (Wildman–Crippen LogP) is 8.37. The Hall–Kier alpha value is -4.80. The highest BCUT2D eigenvalue weighted by atomic mass is 28.4. The molecule has 15 heteroatoms. The van der Waals surface area contributed by atoms with Crippen molar-refractivity contribution < 1.29 is 56.5 Å². The summed E-state index contributed by atoms with van der Waals surface area (Å²) in [6.07, 6.45) is -5.48. The summed E-state index contributed by atoms with van der Waals surface area (Å²) in [5, 5.41) is 37.0. The van der Waals surface area contributed by atoms with Crippen LogP contribution in [0.15, 0.2) is 82.6 Å². The minimum Gasteiger partial charge on any atom is -0.508 e. The maximum absolute atomic E-state index is 15.5. The highest BCUT2D eigenvalue weighted by Gasteiger charge is 2.67. The molecule has 0 unspecified atom stereocenters. The third-order valence-electron chi connectivity index (χ3n) is 12.7. The number of hydrogen-bond donors (Lipinski definition) is 3. The fourth-order valence-corrected chi connectivity index (χ4v) is 10.3. The van der Waals surface area contributed by atoms with Crippen LogP contribution in [0.5, 0.6) is 11.6 Å². The van der Waals surface area contributed by atoms with E-state index in [1.54, 1.807) is 49.3 Å². The average molecular weight is 849 g/mol. The molecule has 3 aromatic carbocycles. The van der Waals surface area contributed by atoms with Crippen molar-refractivity contribution in [2.75, 3.05) is 27.3 Å². The van der Waals surface area contributed by atoms with Crippen LogP contribution in [0.1, 0.15) is 93.4 Å². The monoisotopic (exact) mass is 848 g/mol. The molecule has 3 aliphatic carbocycles. The van der Waals surface area contributed by atoms with Gasteiger partial charge in [-0.25, -0.2) is 0 Å². The Morgan fingerprint density at radius 3 is 2.05 bits per heavy atom. The van der Waals surface area contributed by atoms with E-state index in [0.29, 0.717) is 5.56 Å². The molecule has 0 aliphatic heterocycles. The van der Waals surface area contributed by atoms with Crippen LogP contribution in [0.2, 0.25) is 18.1 Å². The zero-order chi connectivity index (χ0) is 43.5. The maximum atomic E-state index is 15.5. The van der Waals surface area contributed by atoms with E-state index in [9.17, 15) is 15.3 Å². The molecule has 3 aliphatic rings. The van der Waals surface area contributed by atoms with Gasteiger partial charge in [0.15, 0.2) is 25.5 Å². The van der Waals surface area contributed by atoms with Crippen LogP contribution < -0.4 is 9.47 Å². The standard InChI is InChI=1S/C45H51F3N2O9Si/c1-43(2,3)60(6,7)59-44-31(37(50(4)5)39-35(41(44)55)42(49-58-39)57-24-26-16-12-9-13-17-26)19-27-18-30-34(38(53)33(27)40(44)54)32(56-23-25-14-10-8-11-15-25)20-29(28(21-51)22-52)36(30)45(46,47)48/h8-17,20,27-28,31,37,51-52,54H,18-19,21-24H2,1-7H3/t27-,31-,37-,44-/m0/s1. The molecule has 4 atom stereocenters. The lowest BCUT2D eigenvalue weighted by atomic mass is 9.58. The van der Waals surface area contributed by atoms with Crippen molar-refractivity contribution in [2.24, 2.45) is 11.8 Å². The molecule has 0 spiro atoms. The number of hydrogen-bond acceptors (Lipinski definition) is 11. The first-order chi connectivity index (χ1) is 28.3. The Bertz CT molecular complexity index is 2300. The number of halogens is 3. The molecule has 0 saturated carbocycles. The van der Waals surface area contributed by atoms with Crippen LogP contribution in [0.3, 0.4) is 0 Å². The number of aliphatic hydroxyl groups is 3. The molecular formula is C45H51F3N2O9Si. The van der Waals surface area contributed by atoms with E-state index >= 15 is 22.8 Å². The number of alkyl halides is 3. The first-order valence-electron chi connectivity index (χ1n) is 20.0. The number of fused-ring (bicyclic) bond motifs is 4. The Balaban J connectivity index is 1.47.